The fourth-order valence-electron chi connectivity index (χ4n) is 5.18. The minimum Gasteiger partial charge on any atom is -0.392 e. The van der Waals surface area contributed by atoms with Crippen LogP contribution in [0.2, 0.25) is 0 Å². The van der Waals surface area contributed by atoms with Gasteiger partial charge in [-0.25, -0.2) is 0 Å². The first-order chi connectivity index (χ1) is 18.1. The molecule has 5 nitrogen and oxygen atoms in total. The van der Waals surface area contributed by atoms with Crippen molar-refractivity contribution in [2.75, 3.05) is 0 Å². The molecule has 0 bridgehead atoms. The van der Waals surface area contributed by atoms with E-state index in [2.05, 4.69) is 76.6 Å². The average molecular weight is 486 g/mol. The SMILES string of the molecule is Cc1noc(C)c1-c1ccc2c(-c3ccc(CO)cc3)cn([C@@H](c3ccccc3)c3ccccn3)c2c1. The van der Waals surface area contributed by atoms with Crippen molar-refractivity contribution >= 4 is 10.9 Å². The summed E-state index contributed by atoms with van der Waals surface area (Å²) in [6.07, 6.45) is 4.07. The molecule has 0 saturated heterocycles. The smallest absolute Gasteiger partial charge is 0.141 e. The summed E-state index contributed by atoms with van der Waals surface area (Å²) >= 11 is 0. The van der Waals surface area contributed by atoms with Gasteiger partial charge in [0.05, 0.1) is 23.5 Å². The van der Waals surface area contributed by atoms with Crippen LogP contribution in [0.15, 0.2) is 108 Å². The second kappa shape index (κ2) is 9.52. The van der Waals surface area contributed by atoms with Crippen LogP contribution in [-0.4, -0.2) is 19.8 Å². The number of hydrogen-bond acceptors (Lipinski definition) is 4. The predicted molar refractivity (Wildman–Crippen MR) is 146 cm³/mol. The molecule has 0 aliphatic heterocycles. The maximum atomic E-state index is 9.54. The summed E-state index contributed by atoms with van der Waals surface area (Å²) < 4.78 is 7.81. The zero-order valence-corrected chi connectivity index (χ0v) is 20.8. The molecule has 0 aliphatic carbocycles. The van der Waals surface area contributed by atoms with Crippen LogP contribution in [0.25, 0.3) is 33.2 Å². The average Bonchev–Trinajstić information content (AvgIpc) is 3.49. The summed E-state index contributed by atoms with van der Waals surface area (Å²) in [5.74, 6) is 0.805. The number of hydrogen-bond donors (Lipinski definition) is 1. The topological polar surface area (TPSA) is 64.1 Å². The van der Waals surface area contributed by atoms with Gasteiger partial charge < -0.3 is 14.2 Å². The van der Waals surface area contributed by atoms with Crippen LogP contribution in [0.4, 0.5) is 0 Å². The second-order valence-corrected chi connectivity index (χ2v) is 9.30. The van der Waals surface area contributed by atoms with Crippen LogP contribution < -0.4 is 0 Å². The lowest BCUT2D eigenvalue weighted by atomic mass is 9.99. The summed E-state index contributed by atoms with van der Waals surface area (Å²) in [6, 6.07) is 31.1. The molecule has 0 fully saturated rings. The molecule has 3 aromatic carbocycles. The summed E-state index contributed by atoms with van der Waals surface area (Å²) in [5, 5.41) is 14.9. The van der Waals surface area contributed by atoms with Crippen molar-refractivity contribution in [2.45, 2.75) is 26.5 Å². The third-order valence-electron chi connectivity index (χ3n) is 6.97. The van der Waals surface area contributed by atoms with E-state index in [9.17, 15) is 5.11 Å². The number of aliphatic hydroxyl groups is 1. The Bertz CT molecular complexity index is 1610. The zero-order valence-electron chi connectivity index (χ0n) is 20.8. The molecule has 0 aliphatic rings. The summed E-state index contributed by atoms with van der Waals surface area (Å²) in [4.78, 5) is 4.77. The monoisotopic (exact) mass is 485 g/mol. The third-order valence-corrected chi connectivity index (χ3v) is 6.97. The maximum absolute atomic E-state index is 9.54. The van der Waals surface area contributed by atoms with Crippen LogP contribution in [0, 0.1) is 13.8 Å². The molecule has 37 heavy (non-hydrogen) atoms. The largest absolute Gasteiger partial charge is 0.392 e. The molecule has 0 unspecified atom stereocenters. The van der Waals surface area contributed by atoms with Crippen molar-refractivity contribution in [1.82, 2.24) is 14.7 Å². The summed E-state index contributed by atoms with van der Waals surface area (Å²) in [7, 11) is 0. The van der Waals surface area contributed by atoms with Crippen LogP contribution in [0.5, 0.6) is 0 Å². The highest BCUT2D eigenvalue weighted by Crippen LogP contribution is 2.39. The first-order valence-electron chi connectivity index (χ1n) is 12.4. The lowest BCUT2D eigenvalue weighted by Crippen LogP contribution is -2.12. The van der Waals surface area contributed by atoms with Crippen molar-refractivity contribution in [3.8, 4) is 22.3 Å². The van der Waals surface area contributed by atoms with Gasteiger partial charge in [0.25, 0.3) is 0 Å². The molecule has 0 saturated carbocycles. The van der Waals surface area contributed by atoms with E-state index in [-0.39, 0.29) is 12.6 Å². The van der Waals surface area contributed by atoms with Crippen LogP contribution in [0.3, 0.4) is 0 Å². The van der Waals surface area contributed by atoms with Crippen LogP contribution in [0.1, 0.15) is 34.3 Å². The van der Waals surface area contributed by atoms with E-state index in [0.717, 1.165) is 61.4 Å². The number of aromatic nitrogens is 3. The zero-order chi connectivity index (χ0) is 25.4. The second-order valence-electron chi connectivity index (χ2n) is 9.30. The van der Waals surface area contributed by atoms with Crippen LogP contribution >= 0.6 is 0 Å². The molecular formula is C32H27N3O2. The minimum absolute atomic E-state index is 0.0264. The first kappa shape index (κ1) is 23.0. The van der Waals surface area contributed by atoms with E-state index < -0.39 is 0 Å². The Morgan fingerprint density at radius 2 is 1.62 bits per heavy atom. The van der Waals surface area contributed by atoms with Crippen molar-refractivity contribution in [1.29, 1.82) is 0 Å². The standard InChI is InChI=1S/C32H27N3O2/c1-21-31(22(2)37-34-21)26-15-16-27-28(24-13-11-23(20-36)12-14-24)19-35(30(27)18-26)32(25-8-4-3-5-9-25)29-10-6-7-17-33-29/h3-19,32,36H,20H2,1-2H3/t32-/m0/s1. The fourth-order valence-corrected chi connectivity index (χ4v) is 5.18. The van der Waals surface area contributed by atoms with Gasteiger partial charge in [-0.15, -0.1) is 0 Å². The lowest BCUT2D eigenvalue weighted by Gasteiger charge is -2.21. The van der Waals surface area contributed by atoms with Crippen molar-refractivity contribution in [3.05, 3.63) is 132 Å². The maximum Gasteiger partial charge on any atom is 0.141 e. The van der Waals surface area contributed by atoms with Gasteiger partial charge in [-0.3, -0.25) is 4.98 Å². The highest BCUT2D eigenvalue weighted by molar-refractivity contribution is 5.98. The lowest BCUT2D eigenvalue weighted by molar-refractivity contribution is 0.282. The third kappa shape index (κ3) is 4.13. The van der Waals surface area contributed by atoms with Gasteiger partial charge in [-0.1, -0.05) is 78.0 Å². The van der Waals surface area contributed by atoms with Gasteiger partial charge in [-0.2, -0.15) is 0 Å². The van der Waals surface area contributed by atoms with Gasteiger partial charge in [0.15, 0.2) is 0 Å². The van der Waals surface area contributed by atoms with E-state index in [1.165, 1.54) is 0 Å². The summed E-state index contributed by atoms with van der Waals surface area (Å²) in [6.45, 7) is 3.95. The Morgan fingerprint density at radius 3 is 2.30 bits per heavy atom. The molecule has 182 valence electrons. The molecule has 5 heteroatoms. The molecule has 3 heterocycles. The first-order valence-corrected chi connectivity index (χ1v) is 12.4. The predicted octanol–water partition coefficient (Wildman–Crippen LogP) is 7.11. The van der Waals surface area contributed by atoms with Gasteiger partial charge in [0.1, 0.15) is 11.8 Å². The van der Waals surface area contributed by atoms with E-state index in [0.29, 0.717) is 0 Å². The number of pyridine rings is 1. The van der Waals surface area contributed by atoms with Gasteiger partial charge in [0, 0.05) is 28.9 Å². The van der Waals surface area contributed by atoms with Gasteiger partial charge >= 0.3 is 0 Å². The molecule has 6 rings (SSSR count). The van der Waals surface area contributed by atoms with Crippen LogP contribution in [-0.2, 0) is 6.61 Å². The van der Waals surface area contributed by atoms with Gasteiger partial charge in [0.2, 0.25) is 0 Å². The van der Waals surface area contributed by atoms with E-state index in [1.807, 2.05) is 50.4 Å². The van der Waals surface area contributed by atoms with E-state index in [1.54, 1.807) is 0 Å². The van der Waals surface area contributed by atoms with Gasteiger partial charge in [-0.05, 0) is 54.3 Å². The Kier molecular flexibility index (Phi) is 5.91. The quantitative estimate of drug-likeness (QED) is 0.273. The molecule has 1 atom stereocenters. The normalized spacial score (nSPS) is 12.2. The van der Waals surface area contributed by atoms with Crippen molar-refractivity contribution < 1.29 is 9.63 Å². The molecular weight excluding hydrogens is 458 g/mol. The number of aliphatic hydroxyl groups excluding tert-OH is 1. The Balaban J connectivity index is 1.64. The molecule has 3 aromatic heterocycles. The van der Waals surface area contributed by atoms with Crippen molar-refractivity contribution in [3.63, 3.8) is 0 Å². The minimum atomic E-state index is -0.115. The highest BCUT2D eigenvalue weighted by Gasteiger charge is 2.23. The molecule has 6 aromatic rings. The Morgan fingerprint density at radius 1 is 0.865 bits per heavy atom. The van der Waals surface area contributed by atoms with E-state index in [4.69, 9.17) is 9.51 Å². The number of benzene rings is 3. The Hall–Kier alpha value is -4.48. The summed E-state index contributed by atoms with van der Waals surface area (Å²) in [5.41, 5.74) is 9.30. The number of nitrogens with zero attached hydrogens (tertiary/aromatic N) is 3. The number of fused-ring (bicyclic) bond motifs is 1. The highest BCUT2D eigenvalue weighted by atomic mass is 16.5. The van der Waals surface area contributed by atoms with E-state index >= 15 is 0 Å². The van der Waals surface area contributed by atoms with Crippen molar-refractivity contribution in [2.24, 2.45) is 0 Å². The fraction of sp³-hybridized carbons (Fsp3) is 0.125. The number of aryl methyl sites for hydroxylation is 2. The molecule has 1 N–H and O–H groups in total. The Labute approximate surface area is 215 Å². The molecule has 0 amide bonds. The molecule has 0 spiro atoms. The molecule has 0 radical (unpaired) electrons. The number of rotatable bonds is 6.